The second-order valence-corrected chi connectivity index (χ2v) is 3.62. The fourth-order valence-electron chi connectivity index (χ4n) is 1.03. The molecule has 0 fully saturated rings. The fraction of sp³-hybridized carbons (Fsp3) is 0.273. The molecule has 0 aromatic heterocycles. The third-order valence-electron chi connectivity index (χ3n) is 1.73. The highest BCUT2D eigenvalue weighted by Gasteiger charge is 2.01. The normalized spacial score (nSPS) is 13.1. The lowest BCUT2D eigenvalue weighted by Gasteiger charge is -2.02. The number of rotatable bonds is 3. The second kappa shape index (κ2) is 5.01. The van der Waals surface area contributed by atoms with E-state index in [4.69, 9.17) is 16.3 Å². The van der Waals surface area contributed by atoms with E-state index in [-0.39, 0.29) is 16.9 Å². The van der Waals surface area contributed by atoms with Gasteiger partial charge in [0.1, 0.15) is 0 Å². The summed E-state index contributed by atoms with van der Waals surface area (Å²) in [4.78, 5) is 0. The number of methoxy groups -OCH3 is 1. The van der Waals surface area contributed by atoms with Crippen molar-refractivity contribution in [3.05, 3.63) is 35.7 Å². The van der Waals surface area contributed by atoms with Crippen LogP contribution in [0.25, 0.3) is 6.08 Å². The summed E-state index contributed by atoms with van der Waals surface area (Å²) in [6.45, 7) is 1.85. The smallest absolute Gasteiger partial charge is 0.165 e. The van der Waals surface area contributed by atoms with Crippen molar-refractivity contribution in [2.24, 2.45) is 0 Å². The zero-order chi connectivity index (χ0) is 10.6. The Morgan fingerprint density at radius 1 is 1.50 bits per heavy atom. The molecule has 1 unspecified atom stereocenters. The molecule has 0 aliphatic rings. The molecule has 0 aliphatic heterocycles. The highest BCUT2D eigenvalue weighted by Crippen LogP contribution is 2.18. The monoisotopic (exact) mass is 214 g/mol. The van der Waals surface area contributed by atoms with Crippen LogP contribution in [0.2, 0.25) is 0 Å². The van der Waals surface area contributed by atoms with Crippen LogP contribution in [0.3, 0.4) is 0 Å². The molecule has 0 N–H and O–H groups in total. The predicted molar refractivity (Wildman–Crippen MR) is 57.3 cm³/mol. The van der Waals surface area contributed by atoms with Crippen LogP contribution < -0.4 is 4.74 Å². The number of ether oxygens (including phenoxy) is 1. The molecule has 1 nitrogen and oxygen atoms in total. The highest BCUT2D eigenvalue weighted by atomic mass is 35.5. The predicted octanol–water partition coefficient (Wildman–Crippen LogP) is 3.47. The van der Waals surface area contributed by atoms with Crippen molar-refractivity contribution >= 4 is 17.7 Å². The van der Waals surface area contributed by atoms with Crippen molar-refractivity contribution in [2.75, 3.05) is 7.11 Å². The second-order valence-electron chi connectivity index (χ2n) is 2.93. The van der Waals surface area contributed by atoms with Gasteiger partial charge in [-0.3, -0.25) is 0 Å². The van der Waals surface area contributed by atoms with Gasteiger partial charge in [0.25, 0.3) is 0 Å². The lowest BCUT2D eigenvalue weighted by Crippen LogP contribution is -1.88. The van der Waals surface area contributed by atoms with Crippen LogP contribution >= 0.6 is 11.6 Å². The summed E-state index contributed by atoms with van der Waals surface area (Å²) in [6, 6.07) is 4.78. The van der Waals surface area contributed by atoms with Gasteiger partial charge in [0.15, 0.2) is 11.6 Å². The summed E-state index contributed by atoms with van der Waals surface area (Å²) in [7, 11) is 1.44. The molecule has 0 spiro atoms. The zero-order valence-corrected chi connectivity index (χ0v) is 8.88. The summed E-state index contributed by atoms with van der Waals surface area (Å²) in [5, 5.41) is -0.0554. The van der Waals surface area contributed by atoms with E-state index < -0.39 is 0 Å². The molecule has 76 valence electrons. The quantitative estimate of drug-likeness (QED) is 0.700. The Balaban J connectivity index is 2.86. The van der Waals surface area contributed by atoms with E-state index in [0.717, 1.165) is 5.56 Å². The highest BCUT2D eigenvalue weighted by molar-refractivity contribution is 6.21. The molecule has 14 heavy (non-hydrogen) atoms. The standard InChI is InChI=1S/C11H12ClFO/c1-8(12)3-4-9-5-6-11(14-2)10(13)7-9/h3-8H,1-2H3/b4-3+. The van der Waals surface area contributed by atoms with Gasteiger partial charge in [-0.2, -0.15) is 0 Å². The average Bonchev–Trinajstić information content (AvgIpc) is 2.15. The Morgan fingerprint density at radius 3 is 2.71 bits per heavy atom. The molecular formula is C11H12ClFO. The summed E-state index contributed by atoms with van der Waals surface area (Å²) >= 11 is 5.72. The number of alkyl halides is 1. The van der Waals surface area contributed by atoms with E-state index in [1.54, 1.807) is 24.3 Å². The number of allylic oxidation sites excluding steroid dienone is 1. The minimum atomic E-state index is -0.364. The molecular weight excluding hydrogens is 203 g/mol. The van der Waals surface area contributed by atoms with Gasteiger partial charge < -0.3 is 4.74 Å². The molecule has 0 radical (unpaired) electrons. The van der Waals surface area contributed by atoms with Crippen LogP contribution in [-0.4, -0.2) is 12.5 Å². The number of benzene rings is 1. The number of halogens is 2. The minimum Gasteiger partial charge on any atom is -0.494 e. The fourth-order valence-corrected chi connectivity index (χ4v) is 1.10. The zero-order valence-electron chi connectivity index (χ0n) is 8.13. The van der Waals surface area contributed by atoms with Crippen LogP contribution in [0.1, 0.15) is 12.5 Å². The van der Waals surface area contributed by atoms with E-state index in [2.05, 4.69) is 0 Å². The maximum absolute atomic E-state index is 13.2. The van der Waals surface area contributed by atoms with Crippen molar-refractivity contribution in [3.8, 4) is 5.75 Å². The molecule has 1 rings (SSSR count). The van der Waals surface area contributed by atoms with Gasteiger partial charge in [-0.1, -0.05) is 18.2 Å². The summed E-state index contributed by atoms with van der Waals surface area (Å²) in [5.41, 5.74) is 0.774. The van der Waals surface area contributed by atoms with Crippen LogP contribution in [0.4, 0.5) is 4.39 Å². The van der Waals surface area contributed by atoms with E-state index in [1.165, 1.54) is 13.2 Å². The van der Waals surface area contributed by atoms with Crippen LogP contribution in [-0.2, 0) is 0 Å². The van der Waals surface area contributed by atoms with Crippen molar-refractivity contribution in [1.29, 1.82) is 0 Å². The van der Waals surface area contributed by atoms with E-state index >= 15 is 0 Å². The number of hydrogen-bond donors (Lipinski definition) is 0. The Kier molecular flexibility index (Phi) is 3.96. The molecule has 0 saturated heterocycles. The Morgan fingerprint density at radius 2 is 2.21 bits per heavy atom. The van der Waals surface area contributed by atoms with Gasteiger partial charge in [-0.05, 0) is 24.6 Å². The first-order valence-corrected chi connectivity index (χ1v) is 4.73. The lowest BCUT2D eigenvalue weighted by molar-refractivity contribution is 0.386. The maximum atomic E-state index is 13.2. The summed E-state index contributed by atoms with van der Waals surface area (Å²) in [5.74, 6) is -0.113. The average molecular weight is 215 g/mol. The van der Waals surface area contributed by atoms with Crippen molar-refractivity contribution in [1.82, 2.24) is 0 Å². The lowest BCUT2D eigenvalue weighted by atomic mass is 10.2. The van der Waals surface area contributed by atoms with Gasteiger partial charge in [0.05, 0.1) is 7.11 Å². The van der Waals surface area contributed by atoms with E-state index in [9.17, 15) is 4.39 Å². The molecule has 0 heterocycles. The first-order valence-electron chi connectivity index (χ1n) is 4.29. The first-order chi connectivity index (χ1) is 6.63. The SMILES string of the molecule is COc1ccc(/C=C/C(C)Cl)cc1F. The Bertz CT molecular complexity index is 334. The van der Waals surface area contributed by atoms with Gasteiger partial charge >= 0.3 is 0 Å². The van der Waals surface area contributed by atoms with Crippen LogP contribution in [0, 0.1) is 5.82 Å². The Labute approximate surface area is 88.1 Å². The van der Waals surface area contributed by atoms with E-state index in [1.807, 2.05) is 6.92 Å². The van der Waals surface area contributed by atoms with Crippen LogP contribution in [0.5, 0.6) is 5.75 Å². The number of hydrogen-bond acceptors (Lipinski definition) is 1. The van der Waals surface area contributed by atoms with Gasteiger partial charge in [0.2, 0.25) is 0 Å². The molecule has 3 heteroatoms. The minimum absolute atomic E-state index is 0.0554. The molecule has 0 amide bonds. The van der Waals surface area contributed by atoms with Crippen molar-refractivity contribution < 1.29 is 9.13 Å². The molecule has 1 atom stereocenters. The van der Waals surface area contributed by atoms with Crippen molar-refractivity contribution in [3.63, 3.8) is 0 Å². The third kappa shape index (κ3) is 3.04. The summed E-state index contributed by atoms with van der Waals surface area (Å²) < 4.78 is 18.0. The maximum Gasteiger partial charge on any atom is 0.165 e. The third-order valence-corrected chi connectivity index (χ3v) is 1.88. The first kappa shape index (κ1) is 11.1. The topological polar surface area (TPSA) is 9.23 Å². The van der Waals surface area contributed by atoms with Gasteiger partial charge in [-0.25, -0.2) is 4.39 Å². The van der Waals surface area contributed by atoms with Gasteiger partial charge in [0, 0.05) is 5.38 Å². The van der Waals surface area contributed by atoms with Crippen molar-refractivity contribution in [2.45, 2.75) is 12.3 Å². The van der Waals surface area contributed by atoms with E-state index in [0.29, 0.717) is 0 Å². The Hall–Kier alpha value is -1.02. The van der Waals surface area contributed by atoms with Gasteiger partial charge in [-0.15, -0.1) is 11.6 Å². The molecule has 1 aromatic rings. The molecule has 0 bridgehead atoms. The largest absolute Gasteiger partial charge is 0.494 e. The van der Waals surface area contributed by atoms with Crippen LogP contribution in [0.15, 0.2) is 24.3 Å². The molecule has 0 saturated carbocycles. The molecule has 1 aromatic carbocycles. The molecule has 0 aliphatic carbocycles. The summed E-state index contributed by atoms with van der Waals surface area (Å²) in [6.07, 6.45) is 3.57.